The fourth-order valence-corrected chi connectivity index (χ4v) is 1.84. The van der Waals surface area contributed by atoms with Gasteiger partial charge in [0.2, 0.25) is 5.91 Å². The minimum absolute atomic E-state index is 0.0117. The zero-order valence-electron chi connectivity index (χ0n) is 12.8. The van der Waals surface area contributed by atoms with E-state index in [2.05, 4.69) is 10.6 Å². The van der Waals surface area contributed by atoms with Gasteiger partial charge in [-0.3, -0.25) is 29.8 Å². The van der Waals surface area contributed by atoms with Crippen molar-refractivity contribution in [3.8, 4) is 0 Å². The predicted molar refractivity (Wildman–Crippen MR) is 80.1 cm³/mol. The first-order valence-electron chi connectivity index (χ1n) is 6.64. The third-order valence-corrected chi connectivity index (χ3v) is 2.88. The Hall–Kier alpha value is -3.04. The number of non-ortho nitro benzene ring substituents is 1. The van der Waals surface area contributed by atoms with Crippen LogP contribution in [0.15, 0.2) is 12.1 Å². The first-order valence-corrected chi connectivity index (χ1v) is 6.64. The van der Waals surface area contributed by atoms with Gasteiger partial charge in [-0.25, -0.2) is 0 Å². The maximum absolute atomic E-state index is 12.1. The Balaban J connectivity index is 3.06. The van der Waals surface area contributed by atoms with Crippen LogP contribution in [0.4, 0.5) is 11.4 Å². The zero-order valence-corrected chi connectivity index (χ0v) is 12.8. The Kier molecular flexibility index (Phi) is 5.71. The highest BCUT2D eigenvalue weighted by Gasteiger charge is 2.24. The van der Waals surface area contributed by atoms with Crippen molar-refractivity contribution in [2.75, 3.05) is 6.54 Å². The lowest BCUT2D eigenvalue weighted by atomic mass is 10.0. The van der Waals surface area contributed by atoms with Gasteiger partial charge in [-0.1, -0.05) is 0 Å². The van der Waals surface area contributed by atoms with Gasteiger partial charge in [-0.05, 0) is 20.8 Å². The van der Waals surface area contributed by atoms with Crippen molar-refractivity contribution in [3.63, 3.8) is 0 Å². The van der Waals surface area contributed by atoms with Gasteiger partial charge in [0.05, 0.1) is 28.0 Å². The maximum atomic E-state index is 12.1. The van der Waals surface area contributed by atoms with Gasteiger partial charge >= 0.3 is 0 Å². The Bertz CT molecular complexity index is 671. The molecule has 10 nitrogen and oxygen atoms in total. The van der Waals surface area contributed by atoms with E-state index in [0.29, 0.717) is 0 Å². The topological polar surface area (TPSA) is 144 Å². The third-order valence-electron chi connectivity index (χ3n) is 2.88. The summed E-state index contributed by atoms with van der Waals surface area (Å²) in [6.45, 7) is 4.46. The SMILES string of the molecule is Cc1c(C(=O)NCC(=O)NC(C)C)cc([N+](=O)[O-])cc1[N+](=O)[O-]. The Labute approximate surface area is 131 Å². The van der Waals surface area contributed by atoms with E-state index in [0.717, 1.165) is 12.1 Å². The molecule has 124 valence electrons. The molecule has 0 aromatic heterocycles. The molecule has 0 aliphatic heterocycles. The van der Waals surface area contributed by atoms with E-state index in [1.807, 2.05) is 0 Å². The van der Waals surface area contributed by atoms with Crippen LogP contribution in [0.1, 0.15) is 29.8 Å². The van der Waals surface area contributed by atoms with Gasteiger partial charge < -0.3 is 10.6 Å². The van der Waals surface area contributed by atoms with Crippen molar-refractivity contribution in [1.29, 1.82) is 0 Å². The van der Waals surface area contributed by atoms with Gasteiger partial charge in [0.1, 0.15) is 0 Å². The summed E-state index contributed by atoms with van der Waals surface area (Å²) >= 11 is 0. The van der Waals surface area contributed by atoms with Crippen LogP contribution in [0.5, 0.6) is 0 Å². The zero-order chi connectivity index (χ0) is 17.7. The molecule has 0 heterocycles. The van der Waals surface area contributed by atoms with Crippen LogP contribution in [0.2, 0.25) is 0 Å². The second-order valence-electron chi connectivity index (χ2n) is 5.06. The van der Waals surface area contributed by atoms with Gasteiger partial charge in [-0.2, -0.15) is 0 Å². The molecule has 10 heteroatoms. The molecular formula is C13H16N4O6. The van der Waals surface area contributed by atoms with E-state index >= 15 is 0 Å². The highest BCUT2D eigenvalue weighted by Crippen LogP contribution is 2.27. The predicted octanol–water partition coefficient (Wildman–Crippen LogP) is 1.07. The molecule has 0 aliphatic rings. The number of amides is 2. The number of nitrogens with zero attached hydrogens (tertiary/aromatic N) is 2. The summed E-state index contributed by atoms with van der Waals surface area (Å²) < 4.78 is 0. The van der Waals surface area contributed by atoms with Crippen LogP contribution in [0, 0.1) is 27.2 Å². The summed E-state index contributed by atoms with van der Waals surface area (Å²) in [6.07, 6.45) is 0. The molecular weight excluding hydrogens is 308 g/mol. The first kappa shape index (κ1) is 18.0. The van der Waals surface area contributed by atoms with Crippen LogP contribution in [-0.4, -0.2) is 34.2 Å². The summed E-state index contributed by atoms with van der Waals surface area (Å²) in [7, 11) is 0. The number of benzene rings is 1. The number of hydrogen-bond acceptors (Lipinski definition) is 6. The van der Waals surface area contributed by atoms with E-state index in [1.54, 1.807) is 13.8 Å². The van der Waals surface area contributed by atoms with E-state index in [4.69, 9.17) is 0 Å². The van der Waals surface area contributed by atoms with Gasteiger partial charge in [0.25, 0.3) is 17.3 Å². The summed E-state index contributed by atoms with van der Waals surface area (Å²) in [5.41, 5.74) is -1.33. The van der Waals surface area contributed by atoms with Gasteiger partial charge in [-0.15, -0.1) is 0 Å². The van der Waals surface area contributed by atoms with E-state index in [9.17, 15) is 29.8 Å². The highest BCUT2D eigenvalue weighted by molar-refractivity contribution is 5.99. The number of carbonyl (C=O) groups is 2. The van der Waals surface area contributed by atoms with Crippen molar-refractivity contribution in [1.82, 2.24) is 10.6 Å². The van der Waals surface area contributed by atoms with Crippen LogP contribution in [0.3, 0.4) is 0 Å². The molecule has 1 aromatic rings. The molecule has 0 saturated carbocycles. The average molecular weight is 324 g/mol. The minimum Gasteiger partial charge on any atom is -0.352 e. The quantitative estimate of drug-likeness (QED) is 0.591. The number of hydrogen-bond donors (Lipinski definition) is 2. The van der Waals surface area contributed by atoms with Crippen LogP contribution < -0.4 is 10.6 Å². The molecule has 0 aliphatic carbocycles. The van der Waals surface area contributed by atoms with E-state index in [1.165, 1.54) is 6.92 Å². The molecule has 0 unspecified atom stereocenters. The molecule has 0 radical (unpaired) electrons. The Morgan fingerprint density at radius 2 is 1.78 bits per heavy atom. The Morgan fingerprint density at radius 3 is 2.26 bits per heavy atom. The molecule has 0 fully saturated rings. The second kappa shape index (κ2) is 7.29. The third kappa shape index (κ3) is 4.73. The van der Waals surface area contributed by atoms with Crippen molar-refractivity contribution >= 4 is 23.2 Å². The summed E-state index contributed by atoms with van der Waals surface area (Å²) in [5.74, 6) is -1.24. The maximum Gasteiger partial charge on any atom is 0.279 e. The number of rotatable bonds is 6. The number of nitrogens with one attached hydrogen (secondary N) is 2. The lowest BCUT2D eigenvalue weighted by Crippen LogP contribution is -2.40. The number of nitro benzene ring substituents is 2. The van der Waals surface area contributed by atoms with Crippen molar-refractivity contribution < 1.29 is 19.4 Å². The second-order valence-corrected chi connectivity index (χ2v) is 5.06. The largest absolute Gasteiger partial charge is 0.352 e. The van der Waals surface area contributed by atoms with Crippen LogP contribution in [-0.2, 0) is 4.79 Å². The summed E-state index contributed by atoms with van der Waals surface area (Å²) in [4.78, 5) is 43.7. The standard InChI is InChI=1S/C13H16N4O6/c1-7(2)15-12(18)6-14-13(19)10-4-9(16(20)21)5-11(8(10)3)17(22)23/h4-5,7H,6H2,1-3H3,(H,14,19)(H,15,18). The van der Waals surface area contributed by atoms with E-state index in [-0.39, 0.29) is 23.7 Å². The molecule has 1 rings (SSSR count). The molecule has 0 bridgehead atoms. The minimum atomic E-state index is -0.825. The molecule has 0 saturated heterocycles. The van der Waals surface area contributed by atoms with Crippen LogP contribution >= 0.6 is 0 Å². The highest BCUT2D eigenvalue weighted by atomic mass is 16.6. The lowest BCUT2D eigenvalue weighted by molar-refractivity contribution is -0.394. The normalized spacial score (nSPS) is 10.3. The molecule has 23 heavy (non-hydrogen) atoms. The fraction of sp³-hybridized carbons (Fsp3) is 0.385. The molecule has 0 spiro atoms. The summed E-state index contributed by atoms with van der Waals surface area (Å²) in [5, 5.41) is 26.6. The Morgan fingerprint density at radius 1 is 1.17 bits per heavy atom. The molecule has 2 N–H and O–H groups in total. The molecule has 0 atom stereocenters. The fourth-order valence-electron chi connectivity index (χ4n) is 1.84. The van der Waals surface area contributed by atoms with Crippen molar-refractivity contribution in [2.24, 2.45) is 0 Å². The number of nitro groups is 2. The molecule has 1 aromatic carbocycles. The summed E-state index contributed by atoms with van der Waals surface area (Å²) in [6, 6.07) is 1.62. The lowest BCUT2D eigenvalue weighted by Gasteiger charge is -2.10. The smallest absolute Gasteiger partial charge is 0.279 e. The van der Waals surface area contributed by atoms with Gasteiger partial charge in [0, 0.05) is 17.7 Å². The van der Waals surface area contributed by atoms with E-state index < -0.39 is 33.0 Å². The van der Waals surface area contributed by atoms with Crippen molar-refractivity contribution in [2.45, 2.75) is 26.8 Å². The van der Waals surface area contributed by atoms with Crippen LogP contribution in [0.25, 0.3) is 0 Å². The first-order chi connectivity index (χ1) is 10.6. The van der Waals surface area contributed by atoms with Gasteiger partial charge in [0.15, 0.2) is 0 Å². The average Bonchev–Trinajstić information content (AvgIpc) is 2.43. The molecule has 2 amide bonds. The van der Waals surface area contributed by atoms with Crippen molar-refractivity contribution in [3.05, 3.63) is 43.5 Å². The monoisotopic (exact) mass is 324 g/mol. The number of carbonyl (C=O) groups excluding carboxylic acids is 2.